The molecule has 0 bridgehead atoms. The molecule has 1 aromatic carbocycles. The van der Waals surface area contributed by atoms with E-state index in [4.69, 9.17) is 4.74 Å². The summed E-state index contributed by atoms with van der Waals surface area (Å²) in [4.78, 5) is 21.0. The minimum absolute atomic E-state index is 0.0800. The van der Waals surface area contributed by atoms with Gasteiger partial charge in [-0.15, -0.1) is 0 Å². The number of rotatable bonds is 5. The van der Waals surface area contributed by atoms with Crippen molar-refractivity contribution >= 4 is 5.97 Å². The molecule has 3 rings (SSSR count). The Balaban J connectivity index is 1.84. The summed E-state index contributed by atoms with van der Waals surface area (Å²) >= 11 is 0. The first-order valence-electron chi connectivity index (χ1n) is 7.25. The van der Waals surface area contributed by atoms with E-state index < -0.39 is 11.9 Å². The number of carboxylic acid groups (broad SMARTS) is 1. The number of ether oxygens (including phenoxy) is 1. The fourth-order valence-electron chi connectivity index (χ4n) is 3.15. The summed E-state index contributed by atoms with van der Waals surface area (Å²) in [6, 6.07) is 7.65. The molecule has 2 aromatic rings. The summed E-state index contributed by atoms with van der Waals surface area (Å²) in [7, 11) is 1.62. The first-order valence-corrected chi connectivity index (χ1v) is 7.25. The van der Waals surface area contributed by atoms with Crippen molar-refractivity contribution < 1.29 is 14.6 Å². The molecule has 2 N–H and O–H groups in total. The maximum Gasteiger partial charge on any atom is 0.308 e. The molecule has 0 unspecified atom stereocenters. The van der Waals surface area contributed by atoms with Crippen molar-refractivity contribution in [1.82, 2.24) is 14.9 Å². The maximum atomic E-state index is 11.6. The van der Waals surface area contributed by atoms with Crippen LogP contribution in [-0.2, 0) is 11.3 Å². The Kier molecular flexibility index (Phi) is 4.11. The second-order valence-corrected chi connectivity index (χ2v) is 5.52. The number of aliphatic carboxylic acids is 1. The zero-order valence-electron chi connectivity index (χ0n) is 12.4. The van der Waals surface area contributed by atoms with Crippen LogP contribution in [0.5, 0.6) is 5.75 Å². The number of likely N-dealkylation sites (tertiary alicyclic amines) is 1. The number of H-pyrrole nitrogens is 1. The molecule has 0 radical (unpaired) electrons. The van der Waals surface area contributed by atoms with Crippen LogP contribution in [0.25, 0.3) is 0 Å². The lowest BCUT2D eigenvalue weighted by atomic mass is 9.88. The van der Waals surface area contributed by atoms with Crippen LogP contribution in [0, 0.1) is 5.92 Å². The van der Waals surface area contributed by atoms with Gasteiger partial charge < -0.3 is 14.8 Å². The number of para-hydroxylation sites is 1. The van der Waals surface area contributed by atoms with Crippen LogP contribution >= 0.6 is 0 Å². The van der Waals surface area contributed by atoms with Gasteiger partial charge in [0.25, 0.3) is 0 Å². The maximum absolute atomic E-state index is 11.6. The van der Waals surface area contributed by atoms with Crippen LogP contribution in [0.1, 0.15) is 17.3 Å². The lowest BCUT2D eigenvalue weighted by Crippen LogP contribution is -2.23. The lowest BCUT2D eigenvalue weighted by molar-refractivity contribution is -0.141. The van der Waals surface area contributed by atoms with Crippen molar-refractivity contribution in [2.45, 2.75) is 12.5 Å². The fraction of sp³-hybridized carbons (Fsp3) is 0.375. The number of nitrogens with zero attached hydrogens (tertiary/aromatic N) is 2. The number of aromatic amines is 1. The van der Waals surface area contributed by atoms with Crippen molar-refractivity contribution in [2.75, 3.05) is 20.2 Å². The van der Waals surface area contributed by atoms with E-state index >= 15 is 0 Å². The number of imidazole rings is 1. The van der Waals surface area contributed by atoms with E-state index in [2.05, 4.69) is 14.9 Å². The smallest absolute Gasteiger partial charge is 0.308 e. The summed E-state index contributed by atoms with van der Waals surface area (Å²) in [5.41, 5.74) is 0.958. The standard InChI is InChI=1S/C16H19N3O3/c1-22-14-5-3-2-4-11(14)12-8-19(9-13(12)16(20)21)10-15-17-6-7-18-15/h2-7,12-13H,8-10H2,1H3,(H,17,18)(H,20,21)/t12-,13+/m0/s1. The Hall–Kier alpha value is -2.34. The molecule has 2 heterocycles. The van der Waals surface area contributed by atoms with Gasteiger partial charge in [0.1, 0.15) is 11.6 Å². The predicted molar refractivity (Wildman–Crippen MR) is 80.7 cm³/mol. The summed E-state index contributed by atoms with van der Waals surface area (Å²) in [5.74, 6) is 0.316. The highest BCUT2D eigenvalue weighted by Gasteiger charge is 2.39. The van der Waals surface area contributed by atoms with Crippen LogP contribution in [0.15, 0.2) is 36.7 Å². The molecule has 1 aliphatic heterocycles. The summed E-state index contributed by atoms with van der Waals surface area (Å²) < 4.78 is 5.40. The topological polar surface area (TPSA) is 78.5 Å². The molecule has 0 saturated carbocycles. The van der Waals surface area contributed by atoms with Gasteiger partial charge in [-0.1, -0.05) is 18.2 Å². The predicted octanol–water partition coefficient (Wildman–Crippen LogP) is 1.72. The van der Waals surface area contributed by atoms with Gasteiger partial charge in [-0.25, -0.2) is 4.98 Å². The van der Waals surface area contributed by atoms with Crippen LogP contribution < -0.4 is 4.74 Å². The summed E-state index contributed by atoms with van der Waals surface area (Å²) in [6.45, 7) is 1.82. The first kappa shape index (κ1) is 14.6. The molecule has 6 heteroatoms. The van der Waals surface area contributed by atoms with E-state index in [0.717, 1.165) is 17.1 Å². The number of benzene rings is 1. The van der Waals surface area contributed by atoms with Gasteiger partial charge in [-0.05, 0) is 11.6 Å². The Bertz CT molecular complexity index is 642. The number of nitrogens with one attached hydrogen (secondary N) is 1. The normalized spacial score (nSPS) is 21.9. The molecule has 1 saturated heterocycles. The highest BCUT2D eigenvalue weighted by atomic mass is 16.5. The van der Waals surface area contributed by atoms with Gasteiger partial charge in [-0.2, -0.15) is 0 Å². The van der Waals surface area contributed by atoms with Crippen LogP contribution in [-0.4, -0.2) is 46.1 Å². The van der Waals surface area contributed by atoms with E-state index in [1.165, 1.54) is 0 Å². The van der Waals surface area contributed by atoms with Gasteiger partial charge >= 0.3 is 5.97 Å². The van der Waals surface area contributed by atoms with E-state index in [-0.39, 0.29) is 5.92 Å². The number of aromatic nitrogens is 2. The van der Waals surface area contributed by atoms with Crippen molar-refractivity contribution in [2.24, 2.45) is 5.92 Å². The van der Waals surface area contributed by atoms with Crippen LogP contribution in [0.4, 0.5) is 0 Å². The van der Waals surface area contributed by atoms with Crippen molar-refractivity contribution in [3.05, 3.63) is 48.0 Å². The third-order valence-corrected chi connectivity index (χ3v) is 4.18. The number of carbonyl (C=O) groups is 1. The molecule has 0 amide bonds. The fourth-order valence-corrected chi connectivity index (χ4v) is 3.15. The van der Waals surface area contributed by atoms with Gasteiger partial charge in [0, 0.05) is 31.4 Å². The van der Waals surface area contributed by atoms with E-state index in [1.807, 2.05) is 24.3 Å². The molecule has 0 aliphatic carbocycles. The van der Waals surface area contributed by atoms with Crippen LogP contribution in [0.2, 0.25) is 0 Å². The second kappa shape index (κ2) is 6.19. The van der Waals surface area contributed by atoms with Gasteiger partial charge in [0.15, 0.2) is 0 Å². The zero-order chi connectivity index (χ0) is 15.5. The summed E-state index contributed by atoms with van der Waals surface area (Å²) in [5, 5.41) is 9.56. The highest BCUT2D eigenvalue weighted by molar-refractivity contribution is 5.72. The Morgan fingerprint density at radius 2 is 2.27 bits per heavy atom. The Morgan fingerprint density at radius 3 is 2.95 bits per heavy atom. The van der Waals surface area contributed by atoms with Crippen molar-refractivity contribution in [3.8, 4) is 5.75 Å². The first-order chi connectivity index (χ1) is 10.7. The second-order valence-electron chi connectivity index (χ2n) is 5.52. The molecule has 1 aromatic heterocycles. The molecular weight excluding hydrogens is 282 g/mol. The number of hydrogen-bond donors (Lipinski definition) is 2. The number of hydrogen-bond acceptors (Lipinski definition) is 4. The third kappa shape index (κ3) is 2.82. The quantitative estimate of drug-likeness (QED) is 0.879. The van der Waals surface area contributed by atoms with Gasteiger partial charge in [-0.3, -0.25) is 9.69 Å². The van der Waals surface area contributed by atoms with E-state index in [9.17, 15) is 9.90 Å². The number of methoxy groups -OCH3 is 1. The largest absolute Gasteiger partial charge is 0.496 e. The van der Waals surface area contributed by atoms with Gasteiger partial charge in [0.2, 0.25) is 0 Å². The molecular formula is C16H19N3O3. The molecule has 22 heavy (non-hydrogen) atoms. The van der Waals surface area contributed by atoms with E-state index in [0.29, 0.717) is 19.6 Å². The average molecular weight is 301 g/mol. The van der Waals surface area contributed by atoms with Gasteiger partial charge in [0.05, 0.1) is 19.6 Å². The molecule has 0 spiro atoms. The lowest BCUT2D eigenvalue weighted by Gasteiger charge is -2.18. The zero-order valence-corrected chi connectivity index (χ0v) is 12.4. The minimum atomic E-state index is -0.766. The molecule has 1 aliphatic rings. The minimum Gasteiger partial charge on any atom is -0.496 e. The average Bonchev–Trinajstić information content (AvgIpc) is 3.17. The van der Waals surface area contributed by atoms with E-state index in [1.54, 1.807) is 19.5 Å². The highest BCUT2D eigenvalue weighted by Crippen LogP contribution is 2.37. The number of carboxylic acids is 1. The van der Waals surface area contributed by atoms with Crippen molar-refractivity contribution in [3.63, 3.8) is 0 Å². The Morgan fingerprint density at radius 1 is 1.45 bits per heavy atom. The molecule has 6 nitrogen and oxygen atoms in total. The van der Waals surface area contributed by atoms with Crippen molar-refractivity contribution in [1.29, 1.82) is 0 Å². The molecule has 2 atom stereocenters. The Labute approximate surface area is 128 Å². The third-order valence-electron chi connectivity index (χ3n) is 4.18. The van der Waals surface area contributed by atoms with Crippen LogP contribution in [0.3, 0.4) is 0 Å². The summed E-state index contributed by atoms with van der Waals surface area (Å²) in [6.07, 6.45) is 3.48. The monoisotopic (exact) mass is 301 g/mol. The molecule has 1 fully saturated rings. The molecule has 116 valence electrons. The SMILES string of the molecule is COc1ccccc1[C@@H]1CN(Cc2ncc[nH]2)C[C@H]1C(=O)O.